The van der Waals surface area contributed by atoms with Crippen LogP contribution in [0.5, 0.6) is 0 Å². The van der Waals surface area contributed by atoms with Gasteiger partial charge in [0.15, 0.2) is 0 Å². The van der Waals surface area contributed by atoms with Gasteiger partial charge in [0, 0.05) is 38.6 Å². The van der Waals surface area contributed by atoms with Crippen molar-refractivity contribution < 1.29 is 5.11 Å². The van der Waals surface area contributed by atoms with E-state index in [9.17, 15) is 5.11 Å². The van der Waals surface area contributed by atoms with Gasteiger partial charge in [-0.3, -0.25) is 4.90 Å². The van der Waals surface area contributed by atoms with Crippen LogP contribution in [0.25, 0.3) is 11.3 Å². The third kappa shape index (κ3) is 4.11. The van der Waals surface area contributed by atoms with E-state index >= 15 is 0 Å². The molecule has 2 N–H and O–H groups in total. The van der Waals surface area contributed by atoms with Crippen molar-refractivity contribution in [2.45, 2.75) is 32.4 Å². The smallest absolute Gasteiger partial charge is 0.137 e. The molecule has 0 aliphatic carbocycles. The molecule has 0 unspecified atom stereocenters. The average Bonchev–Trinajstić information content (AvgIpc) is 3.15. The molecule has 1 atom stereocenters. The molecule has 1 aliphatic rings. The zero-order valence-corrected chi connectivity index (χ0v) is 16.4. The molecule has 3 aromatic rings. The normalized spacial score (nSPS) is 15.4. The summed E-state index contributed by atoms with van der Waals surface area (Å²) in [7, 11) is 0. The Balaban J connectivity index is 1.31. The van der Waals surface area contributed by atoms with Gasteiger partial charge in [0.2, 0.25) is 0 Å². The number of aromatic nitrogens is 2. The third-order valence-electron chi connectivity index (χ3n) is 5.46. The molecule has 0 saturated carbocycles. The number of benzene rings is 1. The highest BCUT2D eigenvalue weighted by atomic mass is 16.3. The number of nitrogens with zero attached hydrogens (tertiary/aromatic N) is 3. The highest BCUT2D eigenvalue weighted by Gasteiger charge is 2.18. The largest absolute Gasteiger partial charge is 0.390 e. The van der Waals surface area contributed by atoms with Crippen LogP contribution in [-0.4, -0.2) is 45.1 Å². The van der Waals surface area contributed by atoms with Gasteiger partial charge in [-0.1, -0.05) is 43.8 Å². The molecular formula is C23H28N4O. The fourth-order valence-corrected chi connectivity index (χ4v) is 3.80. The molecule has 3 heterocycles. The lowest BCUT2D eigenvalue weighted by Gasteiger charge is -2.30. The molecule has 146 valence electrons. The van der Waals surface area contributed by atoms with Crippen molar-refractivity contribution in [2.75, 3.05) is 19.6 Å². The first kappa shape index (κ1) is 18.7. The molecule has 28 heavy (non-hydrogen) atoms. The fraction of sp³-hybridized carbons (Fsp3) is 0.348. The second-order valence-corrected chi connectivity index (χ2v) is 7.55. The molecule has 5 heteroatoms. The van der Waals surface area contributed by atoms with Crippen LogP contribution in [0.1, 0.15) is 29.3 Å². The second-order valence-electron chi connectivity index (χ2n) is 7.55. The van der Waals surface area contributed by atoms with Crippen LogP contribution < -0.4 is 5.32 Å². The SMILES string of the molecule is C=C(NC[C@H](O)CN1CCc2ccccc2C1)c1cn2cc(CC)ccc2n1. The van der Waals surface area contributed by atoms with Gasteiger partial charge in [0.05, 0.1) is 11.8 Å². The third-order valence-corrected chi connectivity index (χ3v) is 5.46. The molecule has 5 nitrogen and oxygen atoms in total. The highest BCUT2D eigenvalue weighted by molar-refractivity contribution is 5.61. The number of β-amino-alcohol motifs (C(OH)–C–C–N with tert-alkyl or cyclic N) is 1. The molecule has 0 spiro atoms. The van der Waals surface area contributed by atoms with Gasteiger partial charge >= 0.3 is 0 Å². The Bertz CT molecular complexity index is 978. The Hall–Kier alpha value is -2.63. The molecule has 0 amide bonds. The Morgan fingerprint density at radius 3 is 2.86 bits per heavy atom. The highest BCUT2D eigenvalue weighted by Crippen LogP contribution is 2.18. The van der Waals surface area contributed by atoms with E-state index in [1.807, 2.05) is 16.7 Å². The molecule has 4 rings (SSSR count). The minimum absolute atomic E-state index is 0.453. The number of pyridine rings is 1. The van der Waals surface area contributed by atoms with E-state index in [4.69, 9.17) is 0 Å². The van der Waals surface area contributed by atoms with Gasteiger partial charge in [0.1, 0.15) is 11.3 Å². The number of aryl methyl sites for hydroxylation is 1. The van der Waals surface area contributed by atoms with Gasteiger partial charge in [-0.05, 0) is 35.6 Å². The monoisotopic (exact) mass is 376 g/mol. The summed E-state index contributed by atoms with van der Waals surface area (Å²) < 4.78 is 2.03. The second kappa shape index (κ2) is 8.17. The summed E-state index contributed by atoms with van der Waals surface area (Å²) in [6, 6.07) is 12.7. The summed E-state index contributed by atoms with van der Waals surface area (Å²) in [6.45, 7) is 9.25. The minimum atomic E-state index is -0.453. The quantitative estimate of drug-likeness (QED) is 0.666. The number of fused-ring (bicyclic) bond motifs is 2. The maximum atomic E-state index is 10.5. The number of aliphatic hydroxyl groups is 1. The van der Waals surface area contributed by atoms with Crippen molar-refractivity contribution in [3.63, 3.8) is 0 Å². The Morgan fingerprint density at radius 2 is 2.04 bits per heavy atom. The minimum Gasteiger partial charge on any atom is -0.390 e. The van der Waals surface area contributed by atoms with Crippen LogP contribution in [-0.2, 0) is 19.4 Å². The first-order valence-electron chi connectivity index (χ1n) is 10.0. The molecule has 0 fully saturated rings. The Labute approximate surface area is 166 Å². The van der Waals surface area contributed by atoms with Crippen molar-refractivity contribution in [3.8, 4) is 0 Å². The van der Waals surface area contributed by atoms with Gasteiger partial charge in [-0.15, -0.1) is 0 Å². The number of imidazole rings is 1. The van der Waals surface area contributed by atoms with Crippen molar-refractivity contribution in [1.29, 1.82) is 0 Å². The summed E-state index contributed by atoms with van der Waals surface area (Å²) in [5.74, 6) is 0. The summed E-state index contributed by atoms with van der Waals surface area (Å²) in [4.78, 5) is 6.93. The van der Waals surface area contributed by atoms with Crippen molar-refractivity contribution >= 4 is 11.3 Å². The van der Waals surface area contributed by atoms with Gasteiger partial charge < -0.3 is 14.8 Å². The molecular weight excluding hydrogens is 348 g/mol. The Morgan fingerprint density at radius 1 is 1.21 bits per heavy atom. The van der Waals surface area contributed by atoms with Gasteiger partial charge in [-0.2, -0.15) is 0 Å². The topological polar surface area (TPSA) is 52.8 Å². The maximum Gasteiger partial charge on any atom is 0.137 e. The predicted octanol–water partition coefficient (Wildman–Crippen LogP) is 2.88. The van der Waals surface area contributed by atoms with Crippen LogP contribution in [0, 0.1) is 0 Å². The molecule has 0 saturated heterocycles. The summed E-state index contributed by atoms with van der Waals surface area (Å²) in [6.07, 6.45) is 5.67. The first-order chi connectivity index (χ1) is 13.6. The fourth-order valence-electron chi connectivity index (χ4n) is 3.80. The first-order valence-corrected chi connectivity index (χ1v) is 10.0. The van der Waals surface area contributed by atoms with E-state index < -0.39 is 6.10 Å². The molecule has 2 aromatic heterocycles. The van der Waals surface area contributed by atoms with Crippen molar-refractivity contribution in [2.24, 2.45) is 0 Å². The van der Waals surface area contributed by atoms with Crippen LogP contribution in [0.2, 0.25) is 0 Å². The number of nitrogens with one attached hydrogen (secondary N) is 1. The number of hydrogen-bond acceptors (Lipinski definition) is 4. The van der Waals surface area contributed by atoms with E-state index in [0.717, 1.165) is 43.0 Å². The zero-order valence-electron chi connectivity index (χ0n) is 16.4. The van der Waals surface area contributed by atoms with Crippen LogP contribution in [0.15, 0.2) is 55.4 Å². The average molecular weight is 377 g/mol. The maximum absolute atomic E-state index is 10.5. The molecule has 0 bridgehead atoms. The summed E-state index contributed by atoms with van der Waals surface area (Å²) >= 11 is 0. The molecule has 0 radical (unpaired) electrons. The van der Waals surface area contributed by atoms with E-state index in [2.05, 4.69) is 65.2 Å². The van der Waals surface area contributed by atoms with Crippen LogP contribution in [0.3, 0.4) is 0 Å². The summed E-state index contributed by atoms with van der Waals surface area (Å²) in [5, 5.41) is 13.7. The lowest BCUT2D eigenvalue weighted by atomic mass is 10.00. The van der Waals surface area contributed by atoms with Crippen LogP contribution >= 0.6 is 0 Å². The lowest BCUT2D eigenvalue weighted by Crippen LogP contribution is -2.40. The number of aliphatic hydroxyl groups excluding tert-OH is 1. The van der Waals surface area contributed by atoms with Crippen molar-refractivity contribution in [1.82, 2.24) is 19.6 Å². The zero-order chi connectivity index (χ0) is 19.5. The Kier molecular flexibility index (Phi) is 5.46. The lowest BCUT2D eigenvalue weighted by molar-refractivity contribution is 0.107. The van der Waals surface area contributed by atoms with Crippen LogP contribution in [0.4, 0.5) is 0 Å². The summed E-state index contributed by atoms with van der Waals surface area (Å²) in [5.41, 5.74) is 6.53. The van der Waals surface area contributed by atoms with E-state index in [0.29, 0.717) is 13.1 Å². The molecule has 1 aromatic carbocycles. The number of hydrogen-bond donors (Lipinski definition) is 2. The van der Waals surface area contributed by atoms with E-state index in [-0.39, 0.29) is 0 Å². The van der Waals surface area contributed by atoms with Gasteiger partial charge in [0.25, 0.3) is 0 Å². The number of rotatable bonds is 7. The molecule has 1 aliphatic heterocycles. The van der Waals surface area contributed by atoms with E-state index in [1.165, 1.54) is 16.7 Å². The van der Waals surface area contributed by atoms with E-state index in [1.54, 1.807) is 0 Å². The van der Waals surface area contributed by atoms with Gasteiger partial charge in [-0.25, -0.2) is 4.98 Å². The predicted molar refractivity (Wildman–Crippen MR) is 113 cm³/mol. The van der Waals surface area contributed by atoms with Crippen molar-refractivity contribution in [3.05, 3.63) is 77.8 Å². The standard InChI is InChI=1S/C23H28N4O/c1-3-18-8-9-23-25-22(16-27(23)13-18)17(2)24-12-21(28)15-26-11-10-19-6-4-5-7-20(19)14-26/h4-9,13,16,21,24,28H,2-3,10-12,14-15H2,1H3/t21-/m0/s1.